The highest BCUT2D eigenvalue weighted by Crippen LogP contribution is 2.28. The summed E-state index contributed by atoms with van der Waals surface area (Å²) < 4.78 is 31.1. The van der Waals surface area contributed by atoms with Gasteiger partial charge in [-0.2, -0.15) is 13.1 Å². The van der Waals surface area contributed by atoms with Gasteiger partial charge in [0, 0.05) is 11.4 Å². The van der Waals surface area contributed by atoms with Gasteiger partial charge in [-0.3, -0.25) is 0 Å². The summed E-state index contributed by atoms with van der Waals surface area (Å²) in [4.78, 5) is 11.2. The minimum absolute atomic E-state index is 0.308. The Labute approximate surface area is 110 Å². The van der Waals surface area contributed by atoms with Gasteiger partial charge in [0.2, 0.25) is 0 Å². The normalized spacial score (nSPS) is 25.3. The Hall–Kier alpha value is -0.340. The van der Waals surface area contributed by atoms with Gasteiger partial charge in [-0.05, 0) is 25.2 Å². The lowest BCUT2D eigenvalue weighted by molar-refractivity contribution is 0.177. The van der Waals surface area contributed by atoms with E-state index < -0.39 is 16.3 Å². The SMILES string of the molecule is COC(=O)NS(=O)(=O)NCC1CCCC(Br)C1. The molecule has 0 radical (unpaired) electrons. The lowest BCUT2D eigenvalue weighted by Gasteiger charge is -2.25. The topological polar surface area (TPSA) is 84.5 Å². The van der Waals surface area contributed by atoms with Crippen LogP contribution in [0.2, 0.25) is 0 Å². The van der Waals surface area contributed by atoms with E-state index in [-0.39, 0.29) is 0 Å². The van der Waals surface area contributed by atoms with Gasteiger partial charge >= 0.3 is 16.3 Å². The fraction of sp³-hybridized carbons (Fsp3) is 0.889. The zero-order chi connectivity index (χ0) is 12.9. The second-order valence-corrected chi connectivity index (χ2v) is 6.87. The van der Waals surface area contributed by atoms with Crippen LogP contribution in [0.4, 0.5) is 4.79 Å². The van der Waals surface area contributed by atoms with Gasteiger partial charge in [0.15, 0.2) is 0 Å². The third kappa shape index (κ3) is 5.69. The smallest absolute Gasteiger partial charge is 0.421 e. The number of amides is 1. The van der Waals surface area contributed by atoms with E-state index in [2.05, 4.69) is 25.4 Å². The molecule has 0 heterocycles. The number of hydrogen-bond acceptors (Lipinski definition) is 4. The van der Waals surface area contributed by atoms with Crippen LogP contribution in [0.5, 0.6) is 0 Å². The first-order chi connectivity index (χ1) is 7.93. The summed E-state index contributed by atoms with van der Waals surface area (Å²) in [5, 5.41) is 0. The highest BCUT2D eigenvalue weighted by atomic mass is 79.9. The van der Waals surface area contributed by atoms with E-state index in [1.165, 1.54) is 0 Å². The number of alkyl halides is 1. The van der Waals surface area contributed by atoms with E-state index in [0.29, 0.717) is 17.3 Å². The molecule has 0 aromatic heterocycles. The van der Waals surface area contributed by atoms with Crippen molar-refractivity contribution in [2.45, 2.75) is 30.5 Å². The van der Waals surface area contributed by atoms with Crippen LogP contribution in [0, 0.1) is 5.92 Å². The summed E-state index contributed by atoms with van der Waals surface area (Å²) in [5.41, 5.74) is 0. The number of ether oxygens (including phenoxy) is 1. The van der Waals surface area contributed by atoms with Crippen LogP contribution >= 0.6 is 15.9 Å². The molecule has 1 aliphatic carbocycles. The molecule has 2 atom stereocenters. The molecule has 1 rings (SSSR count). The molecule has 1 amide bonds. The quantitative estimate of drug-likeness (QED) is 0.757. The first-order valence-electron chi connectivity index (χ1n) is 5.42. The molecule has 0 aromatic rings. The molecule has 1 fully saturated rings. The molecule has 2 N–H and O–H groups in total. The van der Waals surface area contributed by atoms with Gasteiger partial charge < -0.3 is 4.74 Å². The maximum absolute atomic E-state index is 11.4. The van der Waals surface area contributed by atoms with Crippen molar-refractivity contribution in [2.75, 3.05) is 13.7 Å². The Morgan fingerprint density at radius 2 is 2.18 bits per heavy atom. The Balaban J connectivity index is 2.36. The molecule has 0 saturated heterocycles. The molecule has 0 bridgehead atoms. The molecule has 0 aliphatic heterocycles. The first kappa shape index (κ1) is 14.7. The molecule has 2 unspecified atom stereocenters. The van der Waals surface area contributed by atoms with Crippen LogP contribution in [0.15, 0.2) is 0 Å². The minimum atomic E-state index is -3.80. The van der Waals surface area contributed by atoms with Crippen LogP contribution in [0.1, 0.15) is 25.7 Å². The summed E-state index contributed by atoms with van der Waals surface area (Å²) in [6, 6.07) is 0. The zero-order valence-electron chi connectivity index (χ0n) is 9.61. The lowest BCUT2D eigenvalue weighted by Crippen LogP contribution is -2.42. The number of hydrogen-bond donors (Lipinski definition) is 2. The maximum atomic E-state index is 11.4. The van der Waals surface area contributed by atoms with Crippen LogP contribution < -0.4 is 9.44 Å². The molecule has 100 valence electrons. The monoisotopic (exact) mass is 328 g/mol. The van der Waals surface area contributed by atoms with Gasteiger partial charge in [0.1, 0.15) is 0 Å². The summed E-state index contributed by atoms with van der Waals surface area (Å²) in [7, 11) is -2.69. The lowest BCUT2D eigenvalue weighted by atomic mass is 9.89. The summed E-state index contributed by atoms with van der Waals surface area (Å²) in [6.07, 6.45) is 3.18. The number of rotatable bonds is 4. The maximum Gasteiger partial charge on any atom is 0.421 e. The Kier molecular flexibility index (Phi) is 5.68. The molecule has 8 heteroatoms. The van der Waals surface area contributed by atoms with Crippen LogP contribution in [-0.2, 0) is 14.9 Å². The largest absolute Gasteiger partial charge is 0.452 e. The van der Waals surface area contributed by atoms with Crippen molar-refractivity contribution in [3.05, 3.63) is 0 Å². The van der Waals surface area contributed by atoms with Gasteiger partial charge in [-0.1, -0.05) is 22.4 Å². The first-order valence-corrected chi connectivity index (χ1v) is 7.82. The van der Waals surface area contributed by atoms with Crippen molar-refractivity contribution >= 4 is 32.2 Å². The van der Waals surface area contributed by atoms with Crippen LogP contribution in [0.3, 0.4) is 0 Å². The third-order valence-electron chi connectivity index (χ3n) is 2.68. The number of halogens is 1. The summed E-state index contributed by atoms with van der Waals surface area (Å²) in [6.45, 7) is 0.342. The van der Waals surface area contributed by atoms with E-state index in [1.54, 1.807) is 4.72 Å². The highest BCUT2D eigenvalue weighted by Gasteiger charge is 2.22. The van der Waals surface area contributed by atoms with Crippen molar-refractivity contribution in [1.29, 1.82) is 0 Å². The predicted molar refractivity (Wildman–Crippen MR) is 67.1 cm³/mol. The van der Waals surface area contributed by atoms with Gasteiger partial charge in [-0.25, -0.2) is 9.52 Å². The Bertz CT molecular complexity index is 360. The Morgan fingerprint density at radius 3 is 2.76 bits per heavy atom. The molecular weight excluding hydrogens is 312 g/mol. The Morgan fingerprint density at radius 1 is 1.47 bits per heavy atom. The number of methoxy groups -OCH3 is 1. The predicted octanol–water partition coefficient (Wildman–Crippen LogP) is 1.13. The van der Waals surface area contributed by atoms with Crippen molar-refractivity contribution in [3.63, 3.8) is 0 Å². The molecule has 1 saturated carbocycles. The average molecular weight is 329 g/mol. The second-order valence-electron chi connectivity index (χ2n) is 4.08. The van der Waals surface area contributed by atoms with Crippen LogP contribution in [0.25, 0.3) is 0 Å². The molecule has 0 aromatic carbocycles. The average Bonchev–Trinajstić information content (AvgIpc) is 2.26. The van der Waals surface area contributed by atoms with E-state index >= 15 is 0 Å². The second kappa shape index (κ2) is 6.55. The van der Waals surface area contributed by atoms with Crippen molar-refractivity contribution in [2.24, 2.45) is 5.92 Å². The number of carbonyl (C=O) groups is 1. The number of nitrogens with one attached hydrogen (secondary N) is 2. The zero-order valence-corrected chi connectivity index (χ0v) is 12.0. The van der Waals surface area contributed by atoms with E-state index in [0.717, 1.165) is 32.8 Å². The fourth-order valence-electron chi connectivity index (χ4n) is 1.83. The highest BCUT2D eigenvalue weighted by molar-refractivity contribution is 9.09. The molecule has 6 nitrogen and oxygen atoms in total. The van der Waals surface area contributed by atoms with E-state index in [4.69, 9.17) is 0 Å². The summed E-state index contributed by atoms with van der Waals surface area (Å²) in [5.74, 6) is 0.308. The molecular formula is C9H17BrN2O4S. The van der Waals surface area contributed by atoms with Gasteiger partial charge in [-0.15, -0.1) is 0 Å². The standard InChI is InChI=1S/C9H17BrN2O4S/c1-16-9(13)12-17(14,15)11-6-7-3-2-4-8(10)5-7/h7-8,11H,2-6H2,1H3,(H,12,13). The molecule has 0 spiro atoms. The van der Waals surface area contributed by atoms with Crippen molar-refractivity contribution in [1.82, 2.24) is 9.44 Å². The molecule has 17 heavy (non-hydrogen) atoms. The van der Waals surface area contributed by atoms with Crippen molar-refractivity contribution in [3.8, 4) is 0 Å². The summed E-state index contributed by atoms with van der Waals surface area (Å²) >= 11 is 3.53. The van der Waals surface area contributed by atoms with Gasteiger partial charge in [0.05, 0.1) is 7.11 Å². The van der Waals surface area contributed by atoms with Crippen molar-refractivity contribution < 1.29 is 17.9 Å². The third-order valence-corrected chi connectivity index (χ3v) is 4.50. The van der Waals surface area contributed by atoms with E-state index in [1.807, 2.05) is 0 Å². The van der Waals surface area contributed by atoms with Gasteiger partial charge in [0.25, 0.3) is 0 Å². The van der Waals surface area contributed by atoms with E-state index in [9.17, 15) is 13.2 Å². The number of carbonyl (C=O) groups excluding carboxylic acids is 1. The molecule has 1 aliphatic rings. The van der Waals surface area contributed by atoms with Crippen LogP contribution in [-0.4, -0.2) is 33.0 Å². The minimum Gasteiger partial charge on any atom is -0.452 e. The fourth-order valence-corrected chi connectivity index (χ4v) is 3.51.